The van der Waals surface area contributed by atoms with E-state index >= 15 is 0 Å². The predicted molar refractivity (Wildman–Crippen MR) is 76.2 cm³/mol. The van der Waals surface area contributed by atoms with Gasteiger partial charge in [0.05, 0.1) is 12.5 Å². The summed E-state index contributed by atoms with van der Waals surface area (Å²) in [7, 11) is 0. The number of anilines is 1. The van der Waals surface area contributed by atoms with Crippen LogP contribution >= 0.6 is 0 Å². The number of ether oxygens (including phenoxy) is 2. The smallest absolute Gasteiger partial charge is 0.343 e. The van der Waals surface area contributed by atoms with E-state index in [1.807, 2.05) is 24.3 Å². The highest BCUT2D eigenvalue weighted by Crippen LogP contribution is 2.36. The molecule has 1 atom stereocenters. The molecule has 21 heavy (non-hydrogen) atoms. The number of carbonyl (C=O) groups is 1. The van der Waals surface area contributed by atoms with Gasteiger partial charge in [-0.1, -0.05) is 18.2 Å². The number of hydrogen-bond acceptors (Lipinski definition) is 6. The Morgan fingerprint density at radius 2 is 2.29 bits per heavy atom. The fourth-order valence-corrected chi connectivity index (χ4v) is 2.32. The van der Waals surface area contributed by atoms with Gasteiger partial charge < -0.3 is 15.2 Å². The Morgan fingerprint density at radius 3 is 3.05 bits per heavy atom. The lowest BCUT2D eigenvalue weighted by molar-refractivity contribution is 0.0526. The normalized spacial score (nSPS) is 16.1. The van der Waals surface area contributed by atoms with Gasteiger partial charge in [-0.3, -0.25) is 0 Å². The number of aromatic nitrogens is 2. The van der Waals surface area contributed by atoms with E-state index in [-0.39, 0.29) is 23.9 Å². The summed E-state index contributed by atoms with van der Waals surface area (Å²) in [6, 6.07) is 7.74. The summed E-state index contributed by atoms with van der Waals surface area (Å²) in [5.41, 5.74) is 7.06. The van der Waals surface area contributed by atoms with Crippen molar-refractivity contribution >= 4 is 11.8 Å². The lowest BCUT2D eigenvalue weighted by Gasteiger charge is -2.10. The number of nitrogen functional groups attached to an aromatic ring is 1. The lowest BCUT2D eigenvalue weighted by Crippen LogP contribution is -2.14. The van der Waals surface area contributed by atoms with Crippen molar-refractivity contribution in [2.75, 3.05) is 18.9 Å². The molecule has 108 valence electrons. The number of hydrogen-bond donors (Lipinski definition) is 1. The molecule has 0 saturated carbocycles. The van der Waals surface area contributed by atoms with Crippen molar-refractivity contribution < 1.29 is 14.3 Å². The Bertz CT molecular complexity index is 688. The van der Waals surface area contributed by atoms with Crippen LogP contribution in [0.5, 0.6) is 5.75 Å². The molecule has 2 N–H and O–H groups in total. The van der Waals surface area contributed by atoms with Crippen LogP contribution in [0, 0.1) is 0 Å². The average Bonchev–Trinajstić information content (AvgIpc) is 2.91. The number of esters is 1. The third-order valence-electron chi connectivity index (χ3n) is 3.34. The minimum absolute atomic E-state index is 0.0697. The highest BCUT2D eigenvalue weighted by molar-refractivity contribution is 5.93. The maximum Gasteiger partial charge on any atom is 0.343 e. The van der Waals surface area contributed by atoms with Crippen LogP contribution in [0.4, 0.5) is 5.82 Å². The van der Waals surface area contributed by atoms with E-state index in [1.54, 1.807) is 6.92 Å². The van der Waals surface area contributed by atoms with Crippen LogP contribution in [-0.4, -0.2) is 29.2 Å². The number of carbonyl (C=O) groups excluding carboxylic acids is 1. The summed E-state index contributed by atoms with van der Waals surface area (Å²) in [6.07, 6.45) is 1.41. The van der Waals surface area contributed by atoms with Gasteiger partial charge in [0.2, 0.25) is 0 Å². The molecule has 0 aliphatic carbocycles. The summed E-state index contributed by atoms with van der Waals surface area (Å²) in [5.74, 6) is 0.928. The zero-order valence-corrected chi connectivity index (χ0v) is 11.6. The quantitative estimate of drug-likeness (QED) is 0.865. The van der Waals surface area contributed by atoms with Gasteiger partial charge in [0, 0.05) is 11.8 Å². The molecule has 6 nitrogen and oxygen atoms in total. The summed E-state index contributed by atoms with van der Waals surface area (Å²) < 4.78 is 10.5. The highest BCUT2D eigenvalue weighted by atomic mass is 16.5. The van der Waals surface area contributed by atoms with Gasteiger partial charge in [0.15, 0.2) is 0 Å². The maximum atomic E-state index is 11.7. The minimum Gasteiger partial charge on any atom is -0.492 e. The monoisotopic (exact) mass is 285 g/mol. The van der Waals surface area contributed by atoms with Crippen LogP contribution in [-0.2, 0) is 4.74 Å². The molecule has 0 spiro atoms. The van der Waals surface area contributed by atoms with E-state index < -0.39 is 5.97 Å². The zero-order chi connectivity index (χ0) is 14.8. The van der Waals surface area contributed by atoms with Crippen molar-refractivity contribution in [2.45, 2.75) is 12.8 Å². The molecule has 0 radical (unpaired) electrons. The molecule has 1 aliphatic rings. The van der Waals surface area contributed by atoms with Crippen LogP contribution < -0.4 is 10.5 Å². The Hall–Kier alpha value is -2.63. The third-order valence-corrected chi connectivity index (χ3v) is 3.34. The number of benzene rings is 1. The summed E-state index contributed by atoms with van der Waals surface area (Å²) >= 11 is 0. The topological polar surface area (TPSA) is 87.3 Å². The molecular weight excluding hydrogens is 270 g/mol. The first-order valence-electron chi connectivity index (χ1n) is 6.72. The molecule has 0 amide bonds. The second-order valence-corrected chi connectivity index (χ2v) is 4.65. The number of nitrogens with zero attached hydrogens (tertiary/aromatic N) is 2. The van der Waals surface area contributed by atoms with Crippen LogP contribution in [0.25, 0.3) is 0 Å². The van der Waals surface area contributed by atoms with Crippen molar-refractivity contribution in [1.82, 2.24) is 9.97 Å². The Labute approximate surface area is 121 Å². The molecule has 2 heterocycles. The molecule has 1 aliphatic heterocycles. The van der Waals surface area contributed by atoms with Gasteiger partial charge in [-0.25, -0.2) is 14.8 Å². The zero-order valence-electron chi connectivity index (χ0n) is 11.6. The predicted octanol–water partition coefficient (Wildman–Crippen LogP) is 1.76. The first-order valence-corrected chi connectivity index (χ1v) is 6.72. The number of rotatable bonds is 3. The number of nitrogens with two attached hydrogens (primary N) is 1. The average molecular weight is 285 g/mol. The van der Waals surface area contributed by atoms with E-state index in [4.69, 9.17) is 15.2 Å². The maximum absolute atomic E-state index is 11.7. The van der Waals surface area contributed by atoms with E-state index in [0.29, 0.717) is 12.4 Å². The Morgan fingerprint density at radius 1 is 1.48 bits per heavy atom. The SMILES string of the molecule is CCOC(=O)c1cnc(C2COc3ccccc32)nc1N. The van der Waals surface area contributed by atoms with Crippen LogP contribution in [0.1, 0.15) is 34.6 Å². The minimum atomic E-state index is -0.510. The fourth-order valence-electron chi connectivity index (χ4n) is 2.32. The van der Waals surface area contributed by atoms with E-state index in [1.165, 1.54) is 6.20 Å². The number of para-hydroxylation sites is 1. The molecule has 0 saturated heterocycles. The summed E-state index contributed by atoms with van der Waals surface area (Å²) in [6.45, 7) is 2.48. The van der Waals surface area contributed by atoms with Crippen molar-refractivity contribution in [2.24, 2.45) is 0 Å². The molecule has 1 unspecified atom stereocenters. The second-order valence-electron chi connectivity index (χ2n) is 4.65. The standard InChI is InChI=1S/C15H15N3O3/c1-2-20-15(19)10-7-17-14(18-13(10)16)11-8-21-12-6-4-3-5-9(11)12/h3-7,11H,2,8H2,1H3,(H2,16,17,18). The largest absolute Gasteiger partial charge is 0.492 e. The van der Waals surface area contributed by atoms with Crippen molar-refractivity contribution in [3.8, 4) is 5.75 Å². The highest BCUT2D eigenvalue weighted by Gasteiger charge is 2.28. The summed E-state index contributed by atoms with van der Waals surface area (Å²) in [4.78, 5) is 20.2. The first-order chi connectivity index (χ1) is 10.2. The molecule has 3 rings (SSSR count). The van der Waals surface area contributed by atoms with Crippen molar-refractivity contribution in [1.29, 1.82) is 0 Å². The van der Waals surface area contributed by atoms with Gasteiger partial charge >= 0.3 is 5.97 Å². The molecule has 2 aromatic rings. The fraction of sp³-hybridized carbons (Fsp3) is 0.267. The number of fused-ring (bicyclic) bond motifs is 1. The van der Waals surface area contributed by atoms with Crippen molar-refractivity contribution in [3.05, 3.63) is 47.4 Å². The van der Waals surface area contributed by atoms with Gasteiger partial charge in [-0.2, -0.15) is 0 Å². The van der Waals surface area contributed by atoms with Crippen LogP contribution in [0.2, 0.25) is 0 Å². The van der Waals surface area contributed by atoms with E-state index in [2.05, 4.69) is 9.97 Å². The van der Waals surface area contributed by atoms with Crippen LogP contribution in [0.3, 0.4) is 0 Å². The Balaban J connectivity index is 1.92. The molecule has 6 heteroatoms. The lowest BCUT2D eigenvalue weighted by atomic mass is 10.0. The molecule has 0 bridgehead atoms. The van der Waals surface area contributed by atoms with E-state index in [0.717, 1.165) is 11.3 Å². The van der Waals surface area contributed by atoms with Gasteiger partial charge in [0.1, 0.15) is 29.6 Å². The van der Waals surface area contributed by atoms with Crippen LogP contribution in [0.15, 0.2) is 30.5 Å². The Kier molecular flexibility index (Phi) is 3.43. The van der Waals surface area contributed by atoms with Crippen molar-refractivity contribution in [3.63, 3.8) is 0 Å². The van der Waals surface area contributed by atoms with Gasteiger partial charge in [-0.15, -0.1) is 0 Å². The first kappa shape index (κ1) is 13.4. The van der Waals surface area contributed by atoms with Gasteiger partial charge in [-0.05, 0) is 13.0 Å². The van der Waals surface area contributed by atoms with Gasteiger partial charge in [0.25, 0.3) is 0 Å². The second kappa shape index (κ2) is 5.40. The van der Waals surface area contributed by atoms with E-state index in [9.17, 15) is 4.79 Å². The molecule has 1 aromatic heterocycles. The molecule has 1 aromatic carbocycles. The molecule has 0 fully saturated rings. The third kappa shape index (κ3) is 2.40. The summed E-state index contributed by atoms with van der Waals surface area (Å²) in [5, 5.41) is 0. The molecular formula is C15H15N3O3.